The summed E-state index contributed by atoms with van der Waals surface area (Å²) in [6.07, 6.45) is 3.42. The van der Waals surface area contributed by atoms with Gasteiger partial charge in [0.05, 0.1) is 11.4 Å². The molecule has 96 valence electrons. The first kappa shape index (κ1) is 14.1. The Labute approximate surface area is 104 Å². The lowest BCUT2D eigenvalue weighted by Gasteiger charge is -2.22. The van der Waals surface area contributed by atoms with Crippen molar-refractivity contribution < 1.29 is 0 Å². The van der Waals surface area contributed by atoms with Crippen molar-refractivity contribution in [1.82, 2.24) is 15.6 Å². The van der Waals surface area contributed by atoms with Gasteiger partial charge >= 0.3 is 0 Å². The Kier molecular flexibility index (Phi) is 5.51. The summed E-state index contributed by atoms with van der Waals surface area (Å²) < 4.78 is 0. The minimum absolute atomic E-state index is 0.175. The van der Waals surface area contributed by atoms with Gasteiger partial charge in [0.1, 0.15) is 0 Å². The fraction of sp³-hybridized carbons (Fsp3) is 0.692. The van der Waals surface area contributed by atoms with Gasteiger partial charge in [-0.2, -0.15) is 10.2 Å². The molecule has 0 bridgehead atoms. The summed E-state index contributed by atoms with van der Waals surface area (Å²) in [6, 6.07) is 2.25. The van der Waals surface area contributed by atoms with Crippen LogP contribution in [0.4, 0.5) is 0 Å². The van der Waals surface area contributed by atoms with Crippen LogP contribution in [0.2, 0.25) is 0 Å². The Morgan fingerprint density at radius 2 is 1.88 bits per heavy atom. The molecule has 0 aliphatic heterocycles. The second-order valence-electron chi connectivity index (χ2n) is 4.66. The highest BCUT2D eigenvalue weighted by atomic mass is 15.2. The zero-order chi connectivity index (χ0) is 12.8. The van der Waals surface area contributed by atoms with Gasteiger partial charge in [0.15, 0.2) is 0 Å². The van der Waals surface area contributed by atoms with Gasteiger partial charge in [0.25, 0.3) is 0 Å². The lowest BCUT2D eigenvalue weighted by atomic mass is 9.91. The van der Waals surface area contributed by atoms with Crippen LogP contribution in [0.15, 0.2) is 6.07 Å². The third kappa shape index (κ3) is 3.75. The zero-order valence-electron chi connectivity index (χ0n) is 11.3. The maximum absolute atomic E-state index is 5.68. The van der Waals surface area contributed by atoms with Crippen LogP contribution >= 0.6 is 0 Å². The lowest BCUT2D eigenvalue weighted by molar-refractivity contribution is 0.373. The molecule has 1 aromatic rings. The Morgan fingerprint density at radius 3 is 2.41 bits per heavy atom. The minimum atomic E-state index is 0.175. The van der Waals surface area contributed by atoms with Crippen LogP contribution in [-0.2, 0) is 0 Å². The van der Waals surface area contributed by atoms with Crippen molar-refractivity contribution in [1.29, 1.82) is 0 Å². The van der Waals surface area contributed by atoms with E-state index < -0.39 is 0 Å². The van der Waals surface area contributed by atoms with E-state index in [-0.39, 0.29) is 6.04 Å². The summed E-state index contributed by atoms with van der Waals surface area (Å²) in [5.41, 5.74) is 5.99. The summed E-state index contributed by atoms with van der Waals surface area (Å²) in [7, 11) is 0. The third-order valence-electron chi connectivity index (χ3n) is 3.44. The monoisotopic (exact) mass is 236 g/mol. The van der Waals surface area contributed by atoms with Crippen LogP contribution in [-0.4, -0.2) is 10.2 Å². The van der Waals surface area contributed by atoms with Crippen LogP contribution in [0.3, 0.4) is 0 Å². The molecule has 0 amide bonds. The van der Waals surface area contributed by atoms with E-state index in [1.165, 1.54) is 18.4 Å². The minimum Gasteiger partial charge on any atom is -0.271 e. The molecule has 0 fully saturated rings. The Balaban J connectivity index is 2.89. The second kappa shape index (κ2) is 6.67. The first-order valence-corrected chi connectivity index (χ1v) is 6.39. The molecule has 0 aromatic carbocycles. The van der Waals surface area contributed by atoms with E-state index in [0.717, 1.165) is 17.8 Å². The molecule has 1 rings (SSSR count). The van der Waals surface area contributed by atoms with Crippen molar-refractivity contribution in [3.05, 3.63) is 23.0 Å². The zero-order valence-corrected chi connectivity index (χ0v) is 11.3. The fourth-order valence-corrected chi connectivity index (χ4v) is 2.16. The van der Waals surface area contributed by atoms with E-state index in [1.807, 2.05) is 13.8 Å². The molecule has 4 heteroatoms. The largest absolute Gasteiger partial charge is 0.271 e. The molecule has 17 heavy (non-hydrogen) atoms. The molecular formula is C13H24N4. The number of nitrogens with one attached hydrogen (secondary N) is 1. The molecule has 0 aliphatic rings. The molecule has 0 spiro atoms. The van der Waals surface area contributed by atoms with Gasteiger partial charge in [-0.3, -0.25) is 11.3 Å². The standard InChI is InChI=1S/C13H24N4/c1-5-11(6-2)8-13(15-14)12-7-9(3)16-17-10(12)4/h7,11,13,15H,5-6,8,14H2,1-4H3. The van der Waals surface area contributed by atoms with Gasteiger partial charge < -0.3 is 0 Å². The molecule has 0 saturated carbocycles. The van der Waals surface area contributed by atoms with Crippen LogP contribution in [0, 0.1) is 19.8 Å². The first-order chi connectivity index (χ1) is 8.12. The lowest BCUT2D eigenvalue weighted by Crippen LogP contribution is -2.30. The summed E-state index contributed by atoms with van der Waals surface area (Å²) in [6.45, 7) is 8.40. The van der Waals surface area contributed by atoms with E-state index in [2.05, 4.69) is 35.5 Å². The summed E-state index contributed by atoms with van der Waals surface area (Å²) in [5, 5.41) is 8.22. The smallest absolute Gasteiger partial charge is 0.0648 e. The molecule has 0 aliphatic carbocycles. The molecule has 3 N–H and O–H groups in total. The Bertz CT molecular complexity index is 347. The fourth-order valence-electron chi connectivity index (χ4n) is 2.16. The van der Waals surface area contributed by atoms with Crippen LogP contribution in [0.25, 0.3) is 0 Å². The van der Waals surface area contributed by atoms with Gasteiger partial charge in [0, 0.05) is 6.04 Å². The highest BCUT2D eigenvalue weighted by molar-refractivity contribution is 5.23. The van der Waals surface area contributed by atoms with Crippen molar-refractivity contribution >= 4 is 0 Å². The number of aromatic nitrogens is 2. The maximum Gasteiger partial charge on any atom is 0.0648 e. The van der Waals surface area contributed by atoms with Crippen molar-refractivity contribution in [3.8, 4) is 0 Å². The Morgan fingerprint density at radius 1 is 1.24 bits per heavy atom. The van der Waals surface area contributed by atoms with E-state index in [1.54, 1.807) is 0 Å². The predicted molar refractivity (Wildman–Crippen MR) is 70.3 cm³/mol. The van der Waals surface area contributed by atoms with Gasteiger partial charge in [-0.1, -0.05) is 26.7 Å². The molecule has 0 saturated heterocycles. The number of rotatable bonds is 6. The van der Waals surface area contributed by atoms with Crippen LogP contribution in [0.5, 0.6) is 0 Å². The predicted octanol–water partition coefficient (Wildman–Crippen LogP) is 2.42. The topological polar surface area (TPSA) is 63.8 Å². The number of nitrogens with zero attached hydrogens (tertiary/aromatic N) is 2. The second-order valence-corrected chi connectivity index (χ2v) is 4.66. The molecule has 1 heterocycles. The molecule has 1 unspecified atom stereocenters. The summed E-state index contributed by atoms with van der Waals surface area (Å²) >= 11 is 0. The van der Waals surface area contributed by atoms with Crippen molar-refractivity contribution in [2.45, 2.75) is 53.0 Å². The van der Waals surface area contributed by atoms with Gasteiger partial charge in [-0.25, -0.2) is 0 Å². The average Bonchev–Trinajstić information content (AvgIpc) is 2.34. The van der Waals surface area contributed by atoms with Gasteiger partial charge in [-0.05, 0) is 37.8 Å². The molecule has 1 atom stereocenters. The summed E-state index contributed by atoms with van der Waals surface area (Å²) in [4.78, 5) is 0. The van der Waals surface area contributed by atoms with Gasteiger partial charge in [0.2, 0.25) is 0 Å². The third-order valence-corrected chi connectivity index (χ3v) is 3.44. The van der Waals surface area contributed by atoms with E-state index in [9.17, 15) is 0 Å². The highest BCUT2D eigenvalue weighted by Gasteiger charge is 2.17. The van der Waals surface area contributed by atoms with E-state index in [4.69, 9.17) is 5.84 Å². The number of hydrogen-bond acceptors (Lipinski definition) is 4. The van der Waals surface area contributed by atoms with E-state index >= 15 is 0 Å². The molecule has 0 radical (unpaired) electrons. The number of aryl methyl sites for hydroxylation is 2. The highest BCUT2D eigenvalue weighted by Crippen LogP contribution is 2.26. The van der Waals surface area contributed by atoms with E-state index in [0.29, 0.717) is 5.92 Å². The van der Waals surface area contributed by atoms with Crippen molar-refractivity contribution in [3.63, 3.8) is 0 Å². The number of nitrogens with two attached hydrogens (primary N) is 1. The van der Waals surface area contributed by atoms with Crippen LogP contribution < -0.4 is 11.3 Å². The number of hydrazine groups is 1. The normalized spacial score (nSPS) is 13.1. The molecule has 1 aromatic heterocycles. The van der Waals surface area contributed by atoms with Crippen molar-refractivity contribution in [2.75, 3.05) is 0 Å². The molecular weight excluding hydrogens is 212 g/mol. The SMILES string of the molecule is CCC(CC)CC(NN)c1cc(C)nnc1C. The maximum atomic E-state index is 5.68. The van der Waals surface area contributed by atoms with Crippen molar-refractivity contribution in [2.24, 2.45) is 11.8 Å². The van der Waals surface area contributed by atoms with Crippen LogP contribution in [0.1, 0.15) is 56.1 Å². The first-order valence-electron chi connectivity index (χ1n) is 6.39. The average molecular weight is 236 g/mol. The molecule has 4 nitrogen and oxygen atoms in total. The quantitative estimate of drug-likeness (QED) is 0.588. The van der Waals surface area contributed by atoms with Gasteiger partial charge in [-0.15, -0.1) is 0 Å². The number of hydrogen-bond donors (Lipinski definition) is 2. The Hall–Kier alpha value is -1.00. The summed E-state index contributed by atoms with van der Waals surface area (Å²) in [5.74, 6) is 6.38.